The molecule has 43 heavy (non-hydrogen) atoms. The van der Waals surface area contributed by atoms with Gasteiger partial charge in [0.15, 0.2) is 0 Å². The predicted octanol–water partition coefficient (Wildman–Crippen LogP) is 8.01. The summed E-state index contributed by atoms with van der Waals surface area (Å²) < 4.78 is 199. The zero-order valence-electron chi connectivity index (χ0n) is 21.1. The molecule has 3 aromatic carbocycles. The number of hydrogen-bond donors (Lipinski definition) is 0. The number of benzene rings is 3. The minimum Gasteiger partial charge on any atom is -0.660 e. The van der Waals surface area contributed by atoms with Gasteiger partial charge in [-0.15, -0.1) is 10.9 Å². The highest BCUT2D eigenvalue weighted by Crippen LogP contribution is 2.39. The normalized spacial score (nSPS) is 15.8. The maximum Gasteiger partial charge on any atom is 0.416 e. The van der Waals surface area contributed by atoms with Gasteiger partial charge in [-0.1, -0.05) is 41.3 Å². The third-order valence-electron chi connectivity index (χ3n) is 7.17. The molecule has 0 saturated carbocycles. The van der Waals surface area contributed by atoms with Crippen molar-refractivity contribution in [3.63, 3.8) is 0 Å². The number of halogens is 15. The van der Waals surface area contributed by atoms with E-state index in [1.54, 1.807) is 0 Å². The molecule has 1 aliphatic heterocycles. The van der Waals surface area contributed by atoms with Crippen LogP contribution in [0.3, 0.4) is 0 Å². The van der Waals surface area contributed by atoms with Gasteiger partial charge < -0.3 is 4.28 Å². The van der Waals surface area contributed by atoms with Crippen molar-refractivity contribution >= 4 is 34.3 Å². The smallest absolute Gasteiger partial charge is 0.416 e. The third-order valence-corrected chi connectivity index (χ3v) is 7.48. The van der Waals surface area contributed by atoms with Crippen LogP contribution in [0.2, 0.25) is 5.02 Å². The quantitative estimate of drug-likeness (QED) is 0.152. The highest BCUT2D eigenvalue weighted by Gasteiger charge is 2.53. The van der Waals surface area contributed by atoms with Crippen molar-refractivity contribution in [3.8, 4) is 0 Å². The third kappa shape index (κ3) is 6.31. The van der Waals surface area contributed by atoms with Gasteiger partial charge in [-0.05, 0) is 18.2 Å². The van der Waals surface area contributed by atoms with Crippen LogP contribution in [0.4, 0.5) is 61.5 Å². The monoisotopic (exact) mass is 656 g/mol. The Balaban J connectivity index is 2.33. The summed E-state index contributed by atoms with van der Waals surface area (Å²) >= 11 is 6.12. The van der Waals surface area contributed by atoms with Crippen molar-refractivity contribution in [2.24, 2.45) is 0 Å². The molecule has 1 saturated heterocycles. The Hall–Kier alpha value is -3.01. The van der Waals surface area contributed by atoms with E-state index in [9.17, 15) is 57.1 Å². The van der Waals surface area contributed by atoms with Crippen LogP contribution in [-0.2, 0) is 29.0 Å². The van der Waals surface area contributed by atoms with Gasteiger partial charge in [-0.25, -0.2) is 8.78 Å². The van der Waals surface area contributed by atoms with Gasteiger partial charge in [-0.2, -0.15) is 52.7 Å². The summed E-state index contributed by atoms with van der Waals surface area (Å²) in [6.07, 6.45) is -26.1. The molecule has 0 bridgehead atoms. The molecule has 234 valence electrons. The first-order valence-corrected chi connectivity index (χ1v) is 12.5. The zero-order valence-corrected chi connectivity index (χ0v) is 21.9. The van der Waals surface area contributed by atoms with Crippen molar-refractivity contribution in [1.82, 2.24) is 0 Å². The molecular weight excluding hydrogens is 641 g/mol. The van der Waals surface area contributed by atoms with Gasteiger partial charge in [0.1, 0.15) is 11.6 Å². The maximum atomic E-state index is 15.7. The summed E-state index contributed by atoms with van der Waals surface area (Å²) in [6, 6.07) is 0.194. The van der Waals surface area contributed by atoms with E-state index in [1.807, 2.05) is 0 Å². The molecule has 1 heterocycles. The van der Waals surface area contributed by atoms with Crippen LogP contribution in [0.25, 0.3) is 0 Å². The summed E-state index contributed by atoms with van der Waals surface area (Å²) in [5, 5.41) is -1.01. The lowest BCUT2D eigenvalue weighted by Crippen LogP contribution is -2.74. The van der Waals surface area contributed by atoms with Gasteiger partial charge >= 0.3 is 31.1 Å². The Morgan fingerprint density at radius 2 is 0.884 bits per heavy atom. The molecule has 0 aromatic heterocycles. The summed E-state index contributed by atoms with van der Waals surface area (Å²) in [4.78, 5) is 0. The standard InChI is InChI=1S/C26H16BClF14O/c28-20-11-19(29)12-21(30)22(20)27(43-3-1-2-4-43,17-7-13(23(31,32)33)5-14(8-17)24(34,35)36)18-9-15(25(37,38)39)6-16(10-18)26(40,41)42/h5-12H,1-4H2. The molecule has 0 spiro atoms. The molecule has 1 aliphatic rings. The first-order chi connectivity index (χ1) is 19.6. The highest BCUT2D eigenvalue weighted by atomic mass is 35.5. The molecule has 0 N–H and O–H groups in total. The van der Waals surface area contributed by atoms with Gasteiger partial charge in [0, 0.05) is 23.9 Å². The first kappa shape index (κ1) is 32.9. The number of alkyl halides is 12. The van der Waals surface area contributed by atoms with Crippen molar-refractivity contribution in [1.29, 1.82) is 0 Å². The van der Waals surface area contributed by atoms with Gasteiger partial charge in [0.05, 0.1) is 35.5 Å². The summed E-state index contributed by atoms with van der Waals surface area (Å²) in [6.45, 7) is -0.801. The van der Waals surface area contributed by atoms with Crippen molar-refractivity contribution in [2.45, 2.75) is 37.5 Å². The van der Waals surface area contributed by atoms with Crippen LogP contribution in [0, 0.1) is 11.6 Å². The fourth-order valence-corrected chi connectivity index (χ4v) is 5.83. The Morgan fingerprint density at radius 3 is 1.19 bits per heavy atom. The summed E-state index contributed by atoms with van der Waals surface area (Å²) in [5.74, 6) is -3.12. The fourth-order valence-electron chi connectivity index (χ4n) is 5.48. The SMILES string of the molecule is Fc1cc(F)c([B-](c2cc(C(F)(F)F)cc(C(F)(F)F)c2)(c2cc(C(F)(F)F)cc(C(F)(F)F)c2)[O+]2CCCC2)c(Cl)c1. The molecule has 4 rings (SSSR count). The molecule has 0 amide bonds. The zero-order chi connectivity index (χ0) is 32.3. The first-order valence-electron chi connectivity index (χ1n) is 12.1. The number of rotatable bonds is 4. The van der Waals surface area contributed by atoms with E-state index in [4.69, 9.17) is 11.6 Å². The van der Waals surface area contributed by atoms with E-state index in [1.165, 1.54) is 0 Å². The lowest BCUT2D eigenvalue weighted by molar-refractivity contribution is -0.144. The molecular formula is C26H16BClF14O. The molecule has 0 radical (unpaired) electrons. The van der Waals surface area contributed by atoms with Crippen LogP contribution in [0.1, 0.15) is 35.1 Å². The van der Waals surface area contributed by atoms with Crippen molar-refractivity contribution in [2.75, 3.05) is 13.2 Å². The molecule has 0 atom stereocenters. The lowest BCUT2D eigenvalue weighted by Gasteiger charge is -2.48. The van der Waals surface area contributed by atoms with Crippen LogP contribution in [-0.4, -0.2) is 19.6 Å². The fraction of sp³-hybridized carbons (Fsp3) is 0.308. The van der Waals surface area contributed by atoms with E-state index in [2.05, 4.69) is 4.28 Å². The second kappa shape index (κ2) is 10.9. The molecule has 0 aliphatic carbocycles. The molecule has 0 unspecified atom stereocenters. The molecule has 17 heteroatoms. The van der Waals surface area contributed by atoms with Crippen LogP contribution < -0.4 is 16.4 Å². The van der Waals surface area contributed by atoms with Gasteiger partial charge in [0.2, 0.25) is 0 Å². The van der Waals surface area contributed by atoms with Gasteiger partial charge in [-0.3, -0.25) is 0 Å². The Bertz CT molecular complexity index is 1360. The summed E-state index contributed by atoms with van der Waals surface area (Å²) in [7, 11) is 0. The van der Waals surface area contributed by atoms with Gasteiger partial charge in [0.25, 0.3) is 0 Å². The average Bonchev–Trinajstić information content (AvgIpc) is 3.38. The highest BCUT2D eigenvalue weighted by molar-refractivity contribution is 7.08. The van der Waals surface area contributed by atoms with E-state index in [0.717, 1.165) is 0 Å². The largest absolute Gasteiger partial charge is 0.660 e. The average molecular weight is 657 g/mol. The van der Waals surface area contributed by atoms with Crippen LogP contribution >= 0.6 is 11.6 Å². The topological polar surface area (TPSA) is 2.70 Å². The molecule has 3 aromatic rings. The lowest BCUT2D eigenvalue weighted by atomic mass is 9.27. The maximum absolute atomic E-state index is 15.7. The van der Waals surface area contributed by atoms with Crippen LogP contribution in [0.15, 0.2) is 48.5 Å². The molecule has 1 fully saturated rings. The number of hydrogen-bond acceptors (Lipinski definition) is 0. The summed E-state index contributed by atoms with van der Waals surface area (Å²) in [5.41, 5.74) is -11.4. The molecule has 1 nitrogen and oxygen atoms in total. The predicted molar refractivity (Wildman–Crippen MR) is 129 cm³/mol. The minimum absolute atomic E-state index is 0.0766. The van der Waals surface area contributed by atoms with E-state index < -0.39 is 99.6 Å². The second-order valence-electron chi connectivity index (χ2n) is 9.90. The Morgan fingerprint density at radius 1 is 0.535 bits per heavy atom. The van der Waals surface area contributed by atoms with E-state index in [-0.39, 0.29) is 55.3 Å². The Labute approximate surface area is 238 Å². The minimum atomic E-state index is -5.51. The van der Waals surface area contributed by atoms with Crippen molar-refractivity contribution < 1.29 is 65.8 Å². The van der Waals surface area contributed by atoms with E-state index in [0.29, 0.717) is 6.07 Å². The van der Waals surface area contributed by atoms with Crippen molar-refractivity contribution in [3.05, 3.63) is 87.4 Å². The van der Waals surface area contributed by atoms with Crippen LogP contribution in [0.5, 0.6) is 0 Å². The van der Waals surface area contributed by atoms with E-state index >= 15 is 4.39 Å². The Kier molecular flexibility index (Phi) is 8.31. The second-order valence-corrected chi connectivity index (χ2v) is 10.3.